The maximum absolute atomic E-state index is 13.0. The number of hydrogen-bond acceptors (Lipinski definition) is 6. The predicted octanol–water partition coefficient (Wildman–Crippen LogP) is 5.13. The number of nitrogens with zero attached hydrogens (tertiary/aromatic N) is 3. The molecule has 3 unspecified atom stereocenters. The summed E-state index contributed by atoms with van der Waals surface area (Å²) in [6.07, 6.45) is 4.63. The van der Waals surface area contributed by atoms with Crippen molar-refractivity contribution in [2.45, 2.75) is 56.0 Å². The number of carbonyl (C=O) groups excluding carboxylic acids is 1. The average molecular weight is 481 g/mol. The van der Waals surface area contributed by atoms with Crippen molar-refractivity contribution in [1.82, 2.24) is 20.1 Å². The summed E-state index contributed by atoms with van der Waals surface area (Å²) in [7, 11) is 3.28. The normalized spacial score (nSPS) is 18.8. The molecule has 0 aliphatic heterocycles. The molecule has 7 nitrogen and oxygen atoms in total. The molecule has 1 amide bonds. The maximum atomic E-state index is 13.0. The van der Waals surface area contributed by atoms with Crippen molar-refractivity contribution in [3.05, 3.63) is 48.5 Å². The molecule has 34 heavy (non-hydrogen) atoms. The highest BCUT2D eigenvalue weighted by Gasteiger charge is 2.27. The Morgan fingerprint density at radius 2 is 1.79 bits per heavy atom. The molecule has 1 aromatic heterocycles. The monoisotopic (exact) mass is 480 g/mol. The Morgan fingerprint density at radius 1 is 1.06 bits per heavy atom. The number of rotatable bonds is 8. The van der Waals surface area contributed by atoms with E-state index < -0.39 is 0 Å². The van der Waals surface area contributed by atoms with E-state index in [1.165, 1.54) is 31.0 Å². The summed E-state index contributed by atoms with van der Waals surface area (Å²) in [6.45, 7) is 4.14. The molecule has 0 saturated heterocycles. The Balaban J connectivity index is 1.65. The molecule has 1 fully saturated rings. The van der Waals surface area contributed by atoms with Crippen molar-refractivity contribution in [2.75, 3.05) is 14.2 Å². The Kier molecular flexibility index (Phi) is 7.77. The smallest absolute Gasteiger partial charge is 0.233 e. The molecule has 1 N–H and O–H groups in total. The topological polar surface area (TPSA) is 78.3 Å². The largest absolute Gasteiger partial charge is 0.497 e. The van der Waals surface area contributed by atoms with Crippen LogP contribution in [-0.2, 0) is 4.79 Å². The number of para-hydroxylation sites is 1. The minimum Gasteiger partial charge on any atom is -0.497 e. The summed E-state index contributed by atoms with van der Waals surface area (Å²) in [5, 5.41) is 12.6. The van der Waals surface area contributed by atoms with Gasteiger partial charge >= 0.3 is 0 Å². The number of thioether (sulfide) groups is 1. The summed E-state index contributed by atoms with van der Waals surface area (Å²) < 4.78 is 12.9. The van der Waals surface area contributed by atoms with Gasteiger partial charge in [0.15, 0.2) is 11.0 Å². The summed E-state index contributed by atoms with van der Waals surface area (Å²) in [5.41, 5.74) is 1.70. The van der Waals surface area contributed by atoms with Crippen molar-refractivity contribution < 1.29 is 14.3 Å². The molecular weight excluding hydrogens is 448 g/mol. The van der Waals surface area contributed by atoms with Crippen LogP contribution in [0.5, 0.6) is 11.5 Å². The fraction of sp³-hybridized carbons (Fsp3) is 0.423. The van der Waals surface area contributed by atoms with Crippen molar-refractivity contribution in [2.24, 2.45) is 5.92 Å². The summed E-state index contributed by atoms with van der Waals surface area (Å²) in [5.74, 6) is 2.66. The zero-order chi connectivity index (χ0) is 24.1. The summed E-state index contributed by atoms with van der Waals surface area (Å²) >= 11 is 1.41. The van der Waals surface area contributed by atoms with Gasteiger partial charge in [0.2, 0.25) is 5.91 Å². The summed E-state index contributed by atoms with van der Waals surface area (Å²) in [6, 6.07) is 15.7. The molecule has 1 heterocycles. The van der Waals surface area contributed by atoms with Crippen LogP contribution in [0.1, 0.15) is 39.5 Å². The van der Waals surface area contributed by atoms with Gasteiger partial charge in [-0.1, -0.05) is 43.7 Å². The van der Waals surface area contributed by atoms with E-state index in [-0.39, 0.29) is 17.2 Å². The van der Waals surface area contributed by atoms with Gasteiger partial charge in [-0.05, 0) is 62.1 Å². The molecule has 0 radical (unpaired) electrons. The highest BCUT2D eigenvalue weighted by molar-refractivity contribution is 8.00. The van der Waals surface area contributed by atoms with Gasteiger partial charge in [-0.2, -0.15) is 0 Å². The molecule has 180 valence electrons. The van der Waals surface area contributed by atoms with E-state index in [1.807, 2.05) is 60.0 Å². The molecule has 4 rings (SSSR count). The van der Waals surface area contributed by atoms with Crippen LogP contribution in [0.2, 0.25) is 0 Å². The fourth-order valence-corrected chi connectivity index (χ4v) is 5.23. The maximum Gasteiger partial charge on any atom is 0.233 e. The number of aromatic nitrogens is 3. The van der Waals surface area contributed by atoms with Gasteiger partial charge in [-0.15, -0.1) is 10.2 Å². The second-order valence-corrected chi connectivity index (χ2v) is 9.98. The highest BCUT2D eigenvalue weighted by Crippen LogP contribution is 2.35. The van der Waals surface area contributed by atoms with Gasteiger partial charge in [-0.25, -0.2) is 0 Å². The Hall–Kier alpha value is -3.00. The lowest BCUT2D eigenvalue weighted by molar-refractivity contribution is -0.121. The quantitative estimate of drug-likeness (QED) is 0.451. The molecular formula is C26H32N4O3S. The van der Waals surface area contributed by atoms with Crippen molar-refractivity contribution in [3.8, 4) is 28.6 Å². The van der Waals surface area contributed by atoms with Crippen LogP contribution in [0.25, 0.3) is 17.1 Å². The summed E-state index contributed by atoms with van der Waals surface area (Å²) in [4.78, 5) is 13.0. The van der Waals surface area contributed by atoms with E-state index >= 15 is 0 Å². The van der Waals surface area contributed by atoms with Crippen LogP contribution >= 0.6 is 11.8 Å². The zero-order valence-corrected chi connectivity index (χ0v) is 21.0. The van der Waals surface area contributed by atoms with Crippen LogP contribution < -0.4 is 14.8 Å². The van der Waals surface area contributed by atoms with Crippen LogP contribution in [0.4, 0.5) is 0 Å². The number of hydrogen-bond donors (Lipinski definition) is 1. The van der Waals surface area contributed by atoms with E-state index in [4.69, 9.17) is 9.47 Å². The van der Waals surface area contributed by atoms with Gasteiger partial charge in [-0.3, -0.25) is 9.36 Å². The third-order valence-electron chi connectivity index (χ3n) is 6.40. The van der Waals surface area contributed by atoms with Gasteiger partial charge in [0.05, 0.1) is 30.7 Å². The lowest BCUT2D eigenvalue weighted by Gasteiger charge is -2.30. The van der Waals surface area contributed by atoms with Crippen LogP contribution in [0, 0.1) is 5.92 Å². The first kappa shape index (κ1) is 24.1. The van der Waals surface area contributed by atoms with Crippen LogP contribution in [-0.4, -0.2) is 46.2 Å². The minimum absolute atomic E-state index is 0.0341. The average Bonchev–Trinajstić information content (AvgIpc) is 3.28. The first-order chi connectivity index (χ1) is 16.5. The van der Waals surface area contributed by atoms with Crippen molar-refractivity contribution in [3.63, 3.8) is 0 Å². The van der Waals surface area contributed by atoms with E-state index in [0.717, 1.165) is 23.4 Å². The first-order valence-corrected chi connectivity index (χ1v) is 12.6. The second kappa shape index (κ2) is 11.0. The Morgan fingerprint density at radius 3 is 2.50 bits per heavy atom. The Bertz CT molecular complexity index is 1120. The SMILES string of the molecule is COc1ccc(-n2c(SC(C)C(=O)NC3CCCCC3C)nnc2-c2ccccc2OC)cc1. The molecule has 1 aliphatic rings. The van der Waals surface area contributed by atoms with Gasteiger partial charge in [0.25, 0.3) is 0 Å². The second-order valence-electron chi connectivity index (χ2n) is 8.68. The van der Waals surface area contributed by atoms with Gasteiger partial charge in [0, 0.05) is 6.04 Å². The van der Waals surface area contributed by atoms with Crippen molar-refractivity contribution >= 4 is 17.7 Å². The first-order valence-electron chi connectivity index (χ1n) is 11.7. The van der Waals surface area contributed by atoms with E-state index in [0.29, 0.717) is 22.6 Å². The third-order valence-corrected chi connectivity index (χ3v) is 7.45. The predicted molar refractivity (Wildman–Crippen MR) is 135 cm³/mol. The lowest BCUT2D eigenvalue weighted by Crippen LogP contribution is -2.44. The van der Waals surface area contributed by atoms with Gasteiger partial charge in [0.1, 0.15) is 11.5 Å². The number of ether oxygens (including phenoxy) is 2. The molecule has 0 bridgehead atoms. The molecule has 3 aromatic rings. The highest BCUT2D eigenvalue weighted by atomic mass is 32.2. The van der Waals surface area contributed by atoms with E-state index in [1.54, 1.807) is 14.2 Å². The lowest BCUT2D eigenvalue weighted by atomic mass is 9.86. The molecule has 8 heteroatoms. The van der Waals surface area contributed by atoms with E-state index in [9.17, 15) is 4.79 Å². The number of carbonyl (C=O) groups is 1. The number of nitrogens with one attached hydrogen (secondary N) is 1. The molecule has 1 aliphatic carbocycles. The number of amides is 1. The third kappa shape index (κ3) is 5.22. The molecule has 2 aromatic carbocycles. The van der Waals surface area contributed by atoms with Crippen molar-refractivity contribution in [1.29, 1.82) is 0 Å². The minimum atomic E-state index is -0.319. The number of methoxy groups -OCH3 is 2. The van der Waals surface area contributed by atoms with Crippen LogP contribution in [0.3, 0.4) is 0 Å². The zero-order valence-electron chi connectivity index (χ0n) is 20.2. The standard InChI is InChI=1S/C26H32N4O3S/c1-17-9-5-7-11-22(17)27-25(31)18(2)34-26-29-28-24(21-10-6-8-12-23(21)33-4)30(26)19-13-15-20(32-3)16-14-19/h6,8,10,12-18,22H,5,7,9,11H2,1-4H3,(H,27,31). The molecule has 1 saturated carbocycles. The van der Waals surface area contributed by atoms with E-state index in [2.05, 4.69) is 22.4 Å². The molecule has 0 spiro atoms. The Labute approximate surface area is 205 Å². The molecule has 3 atom stereocenters. The number of benzene rings is 2. The van der Waals surface area contributed by atoms with Crippen LogP contribution in [0.15, 0.2) is 53.7 Å². The van der Waals surface area contributed by atoms with Gasteiger partial charge < -0.3 is 14.8 Å². The fourth-order valence-electron chi connectivity index (χ4n) is 4.36.